The molecule has 0 aliphatic heterocycles. The van der Waals surface area contributed by atoms with E-state index in [1.807, 2.05) is 0 Å². The fraction of sp³-hybridized carbons (Fsp3) is 0.600. The van der Waals surface area contributed by atoms with Gasteiger partial charge >= 0.3 is 0 Å². The molecular formula is C15H21F2N. The van der Waals surface area contributed by atoms with Gasteiger partial charge in [-0.25, -0.2) is 8.78 Å². The van der Waals surface area contributed by atoms with Crippen molar-refractivity contribution in [3.05, 3.63) is 35.4 Å². The highest BCUT2D eigenvalue weighted by molar-refractivity contribution is 5.18. The van der Waals surface area contributed by atoms with Crippen LogP contribution in [0, 0.1) is 17.6 Å². The minimum Gasteiger partial charge on any atom is -0.310 e. The summed E-state index contributed by atoms with van der Waals surface area (Å²) >= 11 is 0. The largest absolute Gasteiger partial charge is 0.310 e. The molecule has 0 heterocycles. The SMILES string of the molecule is C[C@@H](NCc1cccc(F)c1F)C1CCCCC1. The van der Waals surface area contributed by atoms with Gasteiger partial charge in [0.1, 0.15) is 0 Å². The van der Waals surface area contributed by atoms with Gasteiger partial charge in [-0.05, 0) is 31.7 Å². The maximum Gasteiger partial charge on any atom is 0.163 e. The lowest BCUT2D eigenvalue weighted by molar-refractivity contribution is 0.279. The van der Waals surface area contributed by atoms with Crippen LogP contribution in [0.25, 0.3) is 0 Å². The number of hydrogen-bond acceptors (Lipinski definition) is 1. The Labute approximate surface area is 108 Å². The summed E-state index contributed by atoms with van der Waals surface area (Å²) < 4.78 is 26.5. The summed E-state index contributed by atoms with van der Waals surface area (Å²) in [4.78, 5) is 0. The van der Waals surface area contributed by atoms with Crippen LogP contribution in [-0.2, 0) is 6.54 Å². The average Bonchev–Trinajstić information content (AvgIpc) is 2.41. The number of rotatable bonds is 4. The van der Waals surface area contributed by atoms with E-state index in [-0.39, 0.29) is 0 Å². The summed E-state index contributed by atoms with van der Waals surface area (Å²) in [6.07, 6.45) is 6.43. The quantitative estimate of drug-likeness (QED) is 0.854. The third-order valence-corrected chi connectivity index (χ3v) is 4.00. The predicted octanol–water partition coefficient (Wildman–Crippen LogP) is 4.02. The summed E-state index contributed by atoms with van der Waals surface area (Å²) in [7, 11) is 0. The minimum atomic E-state index is -0.764. The van der Waals surface area contributed by atoms with Crippen molar-refractivity contribution in [2.45, 2.75) is 51.6 Å². The van der Waals surface area contributed by atoms with Crippen molar-refractivity contribution in [1.82, 2.24) is 5.32 Å². The van der Waals surface area contributed by atoms with E-state index in [9.17, 15) is 8.78 Å². The van der Waals surface area contributed by atoms with Crippen LogP contribution < -0.4 is 5.32 Å². The molecule has 18 heavy (non-hydrogen) atoms. The summed E-state index contributed by atoms with van der Waals surface area (Å²) in [5, 5.41) is 3.33. The lowest BCUT2D eigenvalue weighted by atomic mass is 9.84. The van der Waals surface area contributed by atoms with E-state index in [2.05, 4.69) is 12.2 Å². The van der Waals surface area contributed by atoms with Crippen molar-refractivity contribution < 1.29 is 8.78 Å². The maximum absolute atomic E-state index is 13.5. The van der Waals surface area contributed by atoms with Crippen LogP contribution in [0.3, 0.4) is 0 Å². The van der Waals surface area contributed by atoms with Gasteiger partial charge in [0.25, 0.3) is 0 Å². The fourth-order valence-electron chi connectivity index (χ4n) is 2.76. The second-order valence-electron chi connectivity index (χ2n) is 5.28. The van der Waals surface area contributed by atoms with Crippen molar-refractivity contribution >= 4 is 0 Å². The second-order valence-corrected chi connectivity index (χ2v) is 5.28. The summed E-state index contributed by atoms with van der Waals surface area (Å²) in [5.74, 6) is -0.809. The predicted molar refractivity (Wildman–Crippen MR) is 69.2 cm³/mol. The Kier molecular flexibility index (Phi) is 4.70. The molecule has 0 radical (unpaired) electrons. The van der Waals surface area contributed by atoms with E-state index in [4.69, 9.17) is 0 Å². The van der Waals surface area contributed by atoms with E-state index in [1.54, 1.807) is 12.1 Å². The molecule has 1 N–H and O–H groups in total. The van der Waals surface area contributed by atoms with Crippen LogP contribution in [-0.4, -0.2) is 6.04 Å². The van der Waals surface area contributed by atoms with Gasteiger partial charge in [0.2, 0.25) is 0 Å². The maximum atomic E-state index is 13.5. The van der Waals surface area contributed by atoms with Crippen LogP contribution in [0.2, 0.25) is 0 Å². The monoisotopic (exact) mass is 253 g/mol. The molecule has 100 valence electrons. The summed E-state index contributed by atoms with van der Waals surface area (Å²) in [6.45, 7) is 2.55. The van der Waals surface area contributed by atoms with Crippen LogP contribution in [0.15, 0.2) is 18.2 Å². The molecule has 1 aromatic rings. The Balaban J connectivity index is 1.88. The highest BCUT2D eigenvalue weighted by atomic mass is 19.2. The lowest BCUT2D eigenvalue weighted by Crippen LogP contribution is -2.34. The standard InChI is InChI=1S/C15H21F2N/c1-11(12-6-3-2-4-7-12)18-10-13-8-5-9-14(16)15(13)17/h5,8-9,11-12,18H,2-4,6-7,10H2,1H3/t11-/m1/s1. The summed E-state index contributed by atoms with van der Waals surface area (Å²) in [6, 6.07) is 4.72. The number of benzene rings is 1. The highest BCUT2D eigenvalue weighted by Gasteiger charge is 2.19. The molecule has 3 heteroatoms. The zero-order chi connectivity index (χ0) is 13.0. The van der Waals surface area contributed by atoms with Crippen molar-refractivity contribution in [3.8, 4) is 0 Å². The van der Waals surface area contributed by atoms with Crippen LogP contribution in [0.1, 0.15) is 44.6 Å². The molecule has 1 fully saturated rings. The first-order valence-corrected chi connectivity index (χ1v) is 6.84. The van der Waals surface area contributed by atoms with E-state index in [0.29, 0.717) is 24.1 Å². The number of hydrogen-bond donors (Lipinski definition) is 1. The number of nitrogens with one attached hydrogen (secondary N) is 1. The molecule has 0 aromatic heterocycles. The number of halogens is 2. The molecule has 0 unspecified atom stereocenters. The van der Waals surface area contributed by atoms with Gasteiger partial charge in [-0.3, -0.25) is 0 Å². The molecule has 0 amide bonds. The van der Waals surface area contributed by atoms with Gasteiger partial charge in [0.15, 0.2) is 11.6 Å². The van der Waals surface area contributed by atoms with Crippen LogP contribution in [0.5, 0.6) is 0 Å². The van der Waals surface area contributed by atoms with Crippen molar-refractivity contribution in [1.29, 1.82) is 0 Å². The molecule has 1 nitrogen and oxygen atoms in total. The van der Waals surface area contributed by atoms with Gasteiger partial charge in [-0.2, -0.15) is 0 Å². The Morgan fingerprint density at radius 1 is 1.22 bits per heavy atom. The zero-order valence-electron chi connectivity index (χ0n) is 10.9. The van der Waals surface area contributed by atoms with E-state index in [0.717, 1.165) is 6.07 Å². The molecule has 1 aliphatic rings. The van der Waals surface area contributed by atoms with E-state index in [1.165, 1.54) is 32.1 Å². The van der Waals surface area contributed by atoms with E-state index >= 15 is 0 Å². The van der Waals surface area contributed by atoms with Crippen molar-refractivity contribution in [2.24, 2.45) is 5.92 Å². The topological polar surface area (TPSA) is 12.0 Å². The molecule has 0 spiro atoms. The summed E-state index contributed by atoms with van der Waals surface area (Å²) in [5.41, 5.74) is 0.414. The third kappa shape index (κ3) is 3.29. The Bertz CT molecular complexity index is 386. The molecular weight excluding hydrogens is 232 g/mol. The highest BCUT2D eigenvalue weighted by Crippen LogP contribution is 2.26. The first kappa shape index (κ1) is 13.5. The van der Waals surface area contributed by atoms with Crippen LogP contribution in [0.4, 0.5) is 8.78 Å². The van der Waals surface area contributed by atoms with Gasteiger partial charge < -0.3 is 5.32 Å². The minimum absolute atomic E-state index is 0.368. The Morgan fingerprint density at radius 2 is 1.94 bits per heavy atom. The molecule has 1 atom stereocenters. The molecule has 0 bridgehead atoms. The second kappa shape index (κ2) is 6.28. The lowest BCUT2D eigenvalue weighted by Gasteiger charge is -2.28. The molecule has 1 aromatic carbocycles. The molecule has 0 saturated heterocycles. The average molecular weight is 253 g/mol. The van der Waals surface area contributed by atoms with Gasteiger partial charge in [0.05, 0.1) is 0 Å². The Morgan fingerprint density at radius 3 is 2.67 bits per heavy atom. The van der Waals surface area contributed by atoms with E-state index < -0.39 is 11.6 Å². The van der Waals surface area contributed by atoms with Crippen molar-refractivity contribution in [3.63, 3.8) is 0 Å². The molecule has 2 rings (SSSR count). The first-order chi connectivity index (χ1) is 8.68. The van der Waals surface area contributed by atoms with Crippen molar-refractivity contribution in [2.75, 3.05) is 0 Å². The molecule has 1 saturated carbocycles. The fourth-order valence-corrected chi connectivity index (χ4v) is 2.76. The van der Waals surface area contributed by atoms with Crippen LogP contribution >= 0.6 is 0 Å². The van der Waals surface area contributed by atoms with Gasteiger partial charge in [-0.15, -0.1) is 0 Å². The zero-order valence-corrected chi connectivity index (χ0v) is 10.9. The smallest absolute Gasteiger partial charge is 0.163 e. The third-order valence-electron chi connectivity index (χ3n) is 4.00. The molecule has 1 aliphatic carbocycles. The van der Waals surface area contributed by atoms with Gasteiger partial charge in [0, 0.05) is 18.2 Å². The first-order valence-electron chi connectivity index (χ1n) is 6.84. The Hall–Kier alpha value is -0.960. The van der Waals surface area contributed by atoms with Gasteiger partial charge in [-0.1, -0.05) is 31.4 Å². The normalized spacial score (nSPS) is 18.8.